The number of para-hydroxylation sites is 1. The number of hydrogen-bond acceptors (Lipinski definition) is 4. The topological polar surface area (TPSA) is 64.0 Å². The molecule has 0 bridgehead atoms. The molecule has 2 heterocycles. The Kier molecular flexibility index (Phi) is 3.53. The summed E-state index contributed by atoms with van der Waals surface area (Å²) in [5.41, 5.74) is 2.21. The van der Waals surface area contributed by atoms with Crippen LogP contribution in [0.15, 0.2) is 46.8 Å². The maximum Gasteiger partial charge on any atom is 0.271 e. The van der Waals surface area contributed by atoms with Crippen LogP contribution in [0.2, 0.25) is 0 Å². The lowest BCUT2D eigenvalue weighted by molar-refractivity contribution is -0.116. The first-order valence-electron chi connectivity index (χ1n) is 6.43. The van der Waals surface area contributed by atoms with Crippen LogP contribution in [0.5, 0.6) is 0 Å². The predicted molar refractivity (Wildman–Crippen MR) is 83.7 cm³/mol. The lowest BCUT2D eigenvalue weighted by atomic mass is 10.2. The minimum Gasteiger partial charge on any atom is -0.324 e. The number of anilines is 1. The van der Waals surface area contributed by atoms with Crippen molar-refractivity contribution in [3.63, 3.8) is 0 Å². The van der Waals surface area contributed by atoms with E-state index in [1.54, 1.807) is 6.07 Å². The molecule has 0 radical (unpaired) electrons. The van der Waals surface area contributed by atoms with Crippen LogP contribution >= 0.6 is 11.3 Å². The summed E-state index contributed by atoms with van der Waals surface area (Å²) in [6.07, 6.45) is 1.41. The molecule has 0 aliphatic carbocycles. The number of thiophene rings is 1. The van der Waals surface area contributed by atoms with Gasteiger partial charge in [0, 0.05) is 5.69 Å². The highest BCUT2D eigenvalue weighted by Crippen LogP contribution is 2.14. The van der Waals surface area contributed by atoms with Crippen LogP contribution in [-0.4, -0.2) is 15.5 Å². The Bertz CT molecular complexity index is 866. The van der Waals surface area contributed by atoms with Gasteiger partial charge in [0.1, 0.15) is 11.2 Å². The summed E-state index contributed by atoms with van der Waals surface area (Å²) in [6.45, 7) is 1.87. The molecule has 0 fully saturated rings. The first-order chi connectivity index (χ1) is 10.1. The van der Waals surface area contributed by atoms with Crippen molar-refractivity contribution in [3.8, 4) is 0 Å². The lowest BCUT2D eigenvalue weighted by Crippen LogP contribution is -2.27. The minimum absolute atomic E-state index is 0.0476. The summed E-state index contributed by atoms with van der Waals surface area (Å²) >= 11 is 1.33. The summed E-state index contributed by atoms with van der Waals surface area (Å²) in [5.74, 6) is -0.246. The maximum atomic E-state index is 12.2. The average Bonchev–Trinajstić information content (AvgIpc) is 2.94. The van der Waals surface area contributed by atoms with Crippen molar-refractivity contribution < 1.29 is 4.79 Å². The number of aryl methyl sites for hydroxylation is 1. The molecule has 0 aliphatic heterocycles. The van der Waals surface area contributed by atoms with Crippen molar-refractivity contribution in [1.29, 1.82) is 0 Å². The second-order valence-corrected chi connectivity index (χ2v) is 5.59. The third-order valence-electron chi connectivity index (χ3n) is 3.17. The Hall–Kier alpha value is -2.47. The van der Waals surface area contributed by atoms with Gasteiger partial charge < -0.3 is 5.32 Å². The van der Waals surface area contributed by atoms with E-state index < -0.39 is 0 Å². The van der Waals surface area contributed by atoms with Crippen molar-refractivity contribution in [2.45, 2.75) is 13.5 Å². The van der Waals surface area contributed by atoms with Crippen LogP contribution < -0.4 is 10.9 Å². The number of carbonyl (C=O) groups excluding carboxylic acids is 1. The molecule has 106 valence electrons. The van der Waals surface area contributed by atoms with Crippen molar-refractivity contribution in [3.05, 3.63) is 58.0 Å². The number of hydrogen-bond donors (Lipinski definition) is 1. The zero-order valence-corrected chi connectivity index (χ0v) is 12.2. The van der Waals surface area contributed by atoms with Gasteiger partial charge in [-0.15, -0.1) is 11.3 Å². The molecule has 2 aromatic heterocycles. The molecular formula is C15H13N3O2S. The summed E-state index contributed by atoms with van der Waals surface area (Å²) < 4.78 is 1.90. The number of amides is 1. The largest absolute Gasteiger partial charge is 0.324 e. The van der Waals surface area contributed by atoms with Gasteiger partial charge in [-0.05, 0) is 30.0 Å². The molecule has 3 rings (SSSR count). The molecule has 0 unspecified atom stereocenters. The smallest absolute Gasteiger partial charge is 0.271 e. The second kappa shape index (κ2) is 5.49. The average molecular weight is 299 g/mol. The number of carbonyl (C=O) groups is 1. The van der Waals surface area contributed by atoms with E-state index >= 15 is 0 Å². The first kappa shape index (κ1) is 13.5. The summed E-state index contributed by atoms with van der Waals surface area (Å²) in [5, 5.41) is 4.62. The van der Waals surface area contributed by atoms with Crippen LogP contribution in [0.25, 0.3) is 10.2 Å². The van der Waals surface area contributed by atoms with Gasteiger partial charge in [-0.2, -0.15) is 0 Å². The summed E-state index contributed by atoms with van der Waals surface area (Å²) in [7, 11) is 0. The number of nitrogens with one attached hydrogen (secondary N) is 1. The molecule has 0 saturated heterocycles. The fraction of sp³-hybridized carbons (Fsp3) is 0.133. The highest BCUT2D eigenvalue weighted by Gasteiger charge is 2.09. The van der Waals surface area contributed by atoms with E-state index in [1.165, 1.54) is 22.2 Å². The van der Waals surface area contributed by atoms with Gasteiger partial charge in [0.2, 0.25) is 5.91 Å². The molecule has 5 nitrogen and oxygen atoms in total. The normalized spacial score (nSPS) is 10.7. The molecule has 0 atom stereocenters. The van der Waals surface area contributed by atoms with E-state index in [0.29, 0.717) is 10.2 Å². The molecule has 3 aromatic rings. The molecule has 6 heteroatoms. The highest BCUT2D eigenvalue weighted by molar-refractivity contribution is 7.17. The highest BCUT2D eigenvalue weighted by atomic mass is 32.1. The minimum atomic E-state index is -0.246. The van der Waals surface area contributed by atoms with Gasteiger partial charge >= 0.3 is 0 Å². The third kappa shape index (κ3) is 2.71. The Morgan fingerprint density at radius 2 is 2.14 bits per heavy atom. The number of benzene rings is 1. The van der Waals surface area contributed by atoms with Crippen molar-refractivity contribution in [2.24, 2.45) is 0 Å². The monoisotopic (exact) mass is 299 g/mol. The number of nitrogens with zero attached hydrogens (tertiary/aromatic N) is 2. The Labute approximate surface area is 124 Å². The zero-order chi connectivity index (χ0) is 14.8. The van der Waals surface area contributed by atoms with Crippen LogP contribution in [0, 0.1) is 6.92 Å². The van der Waals surface area contributed by atoms with Crippen molar-refractivity contribution in [1.82, 2.24) is 9.55 Å². The molecule has 1 amide bonds. The maximum absolute atomic E-state index is 12.2. The fourth-order valence-corrected chi connectivity index (χ4v) is 2.84. The number of rotatable bonds is 3. The summed E-state index contributed by atoms with van der Waals surface area (Å²) in [4.78, 5) is 28.4. The quantitative estimate of drug-likeness (QED) is 0.807. The van der Waals surface area contributed by atoms with E-state index in [4.69, 9.17) is 0 Å². The van der Waals surface area contributed by atoms with Crippen LogP contribution in [0.4, 0.5) is 5.69 Å². The second-order valence-electron chi connectivity index (χ2n) is 4.68. The van der Waals surface area contributed by atoms with Crippen molar-refractivity contribution in [2.75, 3.05) is 5.32 Å². The van der Waals surface area contributed by atoms with E-state index in [1.807, 2.05) is 36.6 Å². The molecule has 0 saturated carbocycles. The Morgan fingerprint density at radius 3 is 2.95 bits per heavy atom. The Morgan fingerprint density at radius 1 is 1.33 bits per heavy atom. The third-order valence-corrected chi connectivity index (χ3v) is 4.06. The van der Waals surface area contributed by atoms with E-state index in [2.05, 4.69) is 10.3 Å². The molecule has 1 aromatic carbocycles. The Balaban J connectivity index is 1.82. The van der Waals surface area contributed by atoms with Crippen LogP contribution in [0.3, 0.4) is 0 Å². The number of aromatic nitrogens is 2. The standard InChI is InChI=1S/C15H13N3O2S/c1-10-4-2-3-5-11(10)17-13(19)8-18-9-16-12-6-7-21-14(12)15(18)20/h2-7,9H,8H2,1H3,(H,17,19). The molecule has 0 spiro atoms. The van der Waals surface area contributed by atoms with Crippen molar-refractivity contribution >= 4 is 33.1 Å². The van der Waals surface area contributed by atoms with E-state index in [-0.39, 0.29) is 18.0 Å². The SMILES string of the molecule is Cc1ccccc1NC(=O)Cn1cnc2ccsc2c1=O. The molecule has 1 N–H and O–H groups in total. The van der Waals surface area contributed by atoms with Gasteiger partial charge in [-0.3, -0.25) is 14.2 Å². The van der Waals surface area contributed by atoms with E-state index in [9.17, 15) is 9.59 Å². The molecule has 21 heavy (non-hydrogen) atoms. The number of fused-ring (bicyclic) bond motifs is 1. The van der Waals surface area contributed by atoms with Gasteiger partial charge in [0.05, 0.1) is 11.8 Å². The molecule has 0 aliphatic rings. The molecular weight excluding hydrogens is 286 g/mol. The van der Waals surface area contributed by atoms with Gasteiger partial charge in [-0.1, -0.05) is 18.2 Å². The van der Waals surface area contributed by atoms with Gasteiger partial charge in [-0.25, -0.2) is 4.98 Å². The summed E-state index contributed by atoms with van der Waals surface area (Å²) in [6, 6.07) is 9.30. The predicted octanol–water partition coefficient (Wildman–Crippen LogP) is 2.41. The fourth-order valence-electron chi connectivity index (χ4n) is 2.05. The van der Waals surface area contributed by atoms with Gasteiger partial charge in [0.15, 0.2) is 0 Å². The van der Waals surface area contributed by atoms with Gasteiger partial charge in [0.25, 0.3) is 5.56 Å². The first-order valence-corrected chi connectivity index (χ1v) is 7.31. The lowest BCUT2D eigenvalue weighted by Gasteiger charge is -2.09. The van der Waals surface area contributed by atoms with Crippen LogP contribution in [0.1, 0.15) is 5.56 Å². The van der Waals surface area contributed by atoms with Crippen LogP contribution in [-0.2, 0) is 11.3 Å². The van der Waals surface area contributed by atoms with E-state index in [0.717, 1.165) is 11.3 Å². The zero-order valence-electron chi connectivity index (χ0n) is 11.4.